The predicted octanol–water partition coefficient (Wildman–Crippen LogP) is 2.82. The van der Waals surface area contributed by atoms with E-state index < -0.39 is 0 Å². The Balaban J connectivity index is 2.10. The number of hydrogen-bond acceptors (Lipinski definition) is 1. The molecule has 0 aromatic rings. The summed E-state index contributed by atoms with van der Waals surface area (Å²) in [5.74, 6) is 1.90. The molecule has 1 saturated heterocycles. The molecule has 1 amide bonds. The van der Waals surface area contributed by atoms with Crippen LogP contribution in [0.2, 0.25) is 0 Å². The Bertz CT molecular complexity index is 255. The first-order valence-electron chi connectivity index (χ1n) is 6.33. The summed E-state index contributed by atoms with van der Waals surface area (Å²) < 4.78 is 0. The van der Waals surface area contributed by atoms with Gasteiger partial charge < -0.3 is 4.90 Å². The van der Waals surface area contributed by atoms with Crippen molar-refractivity contribution < 1.29 is 4.79 Å². The molecule has 2 rings (SSSR count). The van der Waals surface area contributed by atoms with Gasteiger partial charge in [-0.2, -0.15) is 0 Å². The molecule has 1 saturated carbocycles. The van der Waals surface area contributed by atoms with Crippen molar-refractivity contribution in [3.8, 4) is 0 Å². The summed E-state index contributed by atoms with van der Waals surface area (Å²) in [4.78, 5) is 13.8. The lowest BCUT2D eigenvalue weighted by atomic mass is 9.65. The van der Waals surface area contributed by atoms with Crippen LogP contribution in [0.1, 0.15) is 52.9 Å². The quantitative estimate of drug-likeness (QED) is 0.650. The highest BCUT2D eigenvalue weighted by Gasteiger charge is 2.47. The van der Waals surface area contributed by atoms with Crippen molar-refractivity contribution in [2.45, 2.75) is 58.4 Å². The summed E-state index contributed by atoms with van der Waals surface area (Å²) in [6.07, 6.45) is 6.27. The highest BCUT2D eigenvalue weighted by atomic mass is 16.2. The molecular weight excluding hydrogens is 186 g/mol. The van der Waals surface area contributed by atoms with E-state index in [1.807, 2.05) is 0 Å². The van der Waals surface area contributed by atoms with Gasteiger partial charge in [0, 0.05) is 19.0 Å². The lowest BCUT2D eigenvalue weighted by Gasteiger charge is -2.55. The molecule has 0 aromatic heterocycles. The van der Waals surface area contributed by atoms with E-state index in [0.29, 0.717) is 0 Å². The van der Waals surface area contributed by atoms with Gasteiger partial charge in [0.25, 0.3) is 0 Å². The number of piperidine rings is 1. The summed E-state index contributed by atoms with van der Waals surface area (Å²) in [5, 5.41) is 0. The lowest BCUT2D eigenvalue weighted by Crippen LogP contribution is -2.60. The van der Waals surface area contributed by atoms with Crippen LogP contribution >= 0.6 is 0 Å². The SMILES string of the molecule is CC(=O)N1CC[C@@H](C(C)C)CC12CCC2. The van der Waals surface area contributed by atoms with Gasteiger partial charge in [0.05, 0.1) is 0 Å². The molecular formula is C13H23NO. The second kappa shape index (κ2) is 3.80. The van der Waals surface area contributed by atoms with Crippen LogP contribution in [0, 0.1) is 11.8 Å². The van der Waals surface area contributed by atoms with Crippen molar-refractivity contribution in [3.63, 3.8) is 0 Å². The molecule has 2 fully saturated rings. The van der Waals surface area contributed by atoms with E-state index in [-0.39, 0.29) is 11.4 Å². The second-order valence-electron chi connectivity index (χ2n) is 5.75. The van der Waals surface area contributed by atoms with E-state index in [0.717, 1.165) is 18.4 Å². The highest BCUT2D eigenvalue weighted by Crippen LogP contribution is 2.47. The normalized spacial score (nSPS) is 29.3. The van der Waals surface area contributed by atoms with Gasteiger partial charge in [0.2, 0.25) is 5.91 Å². The molecule has 2 heteroatoms. The van der Waals surface area contributed by atoms with E-state index in [2.05, 4.69) is 18.7 Å². The maximum Gasteiger partial charge on any atom is 0.219 e. The zero-order valence-corrected chi connectivity index (χ0v) is 10.3. The van der Waals surface area contributed by atoms with E-state index >= 15 is 0 Å². The van der Waals surface area contributed by atoms with E-state index in [9.17, 15) is 4.79 Å². The van der Waals surface area contributed by atoms with Crippen LogP contribution in [0.5, 0.6) is 0 Å². The minimum absolute atomic E-state index is 0.277. The van der Waals surface area contributed by atoms with E-state index in [1.54, 1.807) is 6.92 Å². The Labute approximate surface area is 93.0 Å². The highest BCUT2D eigenvalue weighted by molar-refractivity contribution is 5.74. The summed E-state index contributed by atoms with van der Waals surface area (Å²) in [6, 6.07) is 0. The number of likely N-dealkylation sites (tertiary alicyclic amines) is 1. The molecule has 0 bridgehead atoms. The zero-order valence-electron chi connectivity index (χ0n) is 10.3. The summed E-state index contributed by atoms with van der Waals surface area (Å²) in [7, 11) is 0. The Morgan fingerprint density at radius 2 is 2.07 bits per heavy atom. The van der Waals surface area contributed by atoms with Crippen LogP contribution in [-0.2, 0) is 4.79 Å². The van der Waals surface area contributed by atoms with Crippen molar-refractivity contribution in [2.24, 2.45) is 11.8 Å². The molecule has 0 unspecified atom stereocenters. The molecule has 1 aliphatic carbocycles. The van der Waals surface area contributed by atoms with Gasteiger partial charge in [-0.1, -0.05) is 13.8 Å². The van der Waals surface area contributed by atoms with Crippen molar-refractivity contribution in [1.29, 1.82) is 0 Å². The topological polar surface area (TPSA) is 20.3 Å². The van der Waals surface area contributed by atoms with Gasteiger partial charge in [0.1, 0.15) is 0 Å². The number of amides is 1. The van der Waals surface area contributed by atoms with Crippen molar-refractivity contribution in [2.75, 3.05) is 6.54 Å². The predicted molar refractivity (Wildman–Crippen MR) is 61.5 cm³/mol. The number of rotatable bonds is 1. The van der Waals surface area contributed by atoms with Gasteiger partial charge >= 0.3 is 0 Å². The van der Waals surface area contributed by atoms with Crippen LogP contribution in [0.3, 0.4) is 0 Å². The molecule has 0 aromatic carbocycles. The minimum atomic E-state index is 0.277. The van der Waals surface area contributed by atoms with Crippen LogP contribution in [0.25, 0.3) is 0 Å². The standard InChI is InChI=1S/C13H23NO/c1-10(2)12-5-8-14(11(3)15)13(9-12)6-4-7-13/h10,12H,4-9H2,1-3H3/t12-/m1/s1. The van der Waals surface area contributed by atoms with Crippen molar-refractivity contribution >= 4 is 5.91 Å². The maximum absolute atomic E-state index is 11.6. The van der Waals surface area contributed by atoms with Crippen LogP contribution in [0.4, 0.5) is 0 Å². The third-order valence-corrected chi connectivity index (χ3v) is 4.55. The van der Waals surface area contributed by atoms with Crippen molar-refractivity contribution in [1.82, 2.24) is 4.90 Å². The lowest BCUT2D eigenvalue weighted by molar-refractivity contribution is -0.145. The first-order valence-corrected chi connectivity index (χ1v) is 6.33. The fraction of sp³-hybridized carbons (Fsp3) is 0.923. The molecule has 1 spiro atoms. The Morgan fingerprint density at radius 3 is 2.47 bits per heavy atom. The molecule has 1 heterocycles. The average Bonchev–Trinajstić information content (AvgIpc) is 2.14. The molecule has 1 aliphatic heterocycles. The Hall–Kier alpha value is -0.530. The second-order valence-corrected chi connectivity index (χ2v) is 5.75. The molecule has 1 atom stereocenters. The summed E-state index contributed by atoms with van der Waals surface area (Å²) in [5.41, 5.74) is 0.277. The molecule has 0 N–H and O–H groups in total. The fourth-order valence-electron chi connectivity index (χ4n) is 3.35. The van der Waals surface area contributed by atoms with Gasteiger partial charge in [-0.15, -0.1) is 0 Å². The van der Waals surface area contributed by atoms with Gasteiger partial charge in [-0.05, 0) is 43.9 Å². The van der Waals surface area contributed by atoms with Gasteiger partial charge in [-0.3, -0.25) is 4.79 Å². The van der Waals surface area contributed by atoms with Crippen LogP contribution < -0.4 is 0 Å². The van der Waals surface area contributed by atoms with Gasteiger partial charge in [0.15, 0.2) is 0 Å². The third kappa shape index (κ3) is 1.79. The first kappa shape index (κ1) is 11.0. The number of carbonyl (C=O) groups is 1. The minimum Gasteiger partial charge on any atom is -0.337 e. The smallest absolute Gasteiger partial charge is 0.219 e. The number of carbonyl (C=O) groups excluding carboxylic acids is 1. The monoisotopic (exact) mass is 209 g/mol. The molecule has 15 heavy (non-hydrogen) atoms. The van der Waals surface area contributed by atoms with E-state index in [4.69, 9.17) is 0 Å². The summed E-state index contributed by atoms with van der Waals surface area (Å²) >= 11 is 0. The summed E-state index contributed by atoms with van der Waals surface area (Å²) in [6.45, 7) is 7.37. The Morgan fingerprint density at radius 1 is 1.40 bits per heavy atom. The largest absolute Gasteiger partial charge is 0.337 e. The number of hydrogen-bond donors (Lipinski definition) is 0. The van der Waals surface area contributed by atoms with Gasteiger partial charge in [-0.25, -0.2) is 0 Å². The molecule has 0 radical (unpaired) electrons. The van der Waals surface area contributed by atoms with E-state index in [1.165, 1.54) is 32.1 Å². The van der Waals surface area contributed by atoms with Crippen LogP contribution in [-0.4, -0.2) is 22.9 Å². The maximum atomic E-state index is 11.6. The first-order chi connectivity index (χ1) is 7.05. The third-order valence-electron chi connectivity index (χ3n) is 4.55. The van der Waals surface area contributed by atoms with Crippen LogP contribution in [0.15, 0.2) is 0 Å². The zero-order chi connectivity index (χ0) is 11.1. The Kier molecular flexibility index (Phi) is 2.78. The molecule has 2 aliphatic rings. The van der Waals surface area contributed by atoms with Crippen molar-refractivity contribution in [3.05, 3.63) is 0 Å². The average molecular weight is 209 g/mol. The fourth-order valence-corrected chi connectivity index (χ4v) is 3.35. The molecule has 2 nitrogen and oxygen atoms in total. The number of nitrogens with zero attached hydrogens (tertiary/aromatic N) is 1. The molecule has 86 valence electrons.